The topological polar surface area (TPSA) is 72.1 Å². The van der Waals surface area contributed by atoms with Crippen molar-refractivity contribution in [1.29, 1.82) is 0 Å². The number of nitrogens with zero attached hydrogens (tertiary/aromatic N) is 3. The second-order valence-electron chi connectivity index (χ2n) is 7.21. The third-order valence-corrected chi connectivity index (χ3v) is 6.11. The number of carbonyl (C=O) groups is 1. The summed E-state index contributed by atoms with van der Waals surface area (Å²) in [5.74, 6) is -0.381. The summed E-state index contributed by atoms with van der Waals surface area (Å²) in [5.41, 5.74) is 11.6. The summed E-state index contributed by atoms with van der Waals surface area (Å²) in [6.07, 6.45) is 8.11. The molecule has 1 aromatic carbocycles. The Hall–Kier alpha value is -2.57. The fourth-order valence-electron chi connectivity index (χ4n) is 3.96. The Kier molecular flexibility index (Phi) is 5.78. The quantitative estimate of drug-likeness (QED) is 0.664. The predicted molar refractivity (Wildman–Crippen MR) is 111 cm³/mol. The maximum absolute atomic E-state index is 11.5. The van der Waals surface area contributed by atoms with Crippen LogP contribution in [0.4, 0.5) is 0 Å². The molecule has 1 unspecified atom stereocenters. The zero-order valence-corrected chi connectivity index (χ0v) is 16.6. The van der Waals surface area contributed by atoms with Crippen LogP contribution in [0.25, 0.3) is 0 Å². The van der Waals surface area contributed by atoms with Crippen molar-refractivity contribution in [3.05, 3.63) is 81.6 Å². The number of hydrogen-bond donors (Lipinski definition) is 1. The highest BCUT2D eigenvalue weighted by Gasteiger charge is 2.27. The van der Waals surface area contributed by atoms with Crippen molar-refractivity contribution in [3.8, 4) is 0 Å². The highest BCUT2D eigenvalue weighted by atomic mass is 32.1. The Morgan fingerprint density at radius 3 is 3.04 bits per heavy atom. The van der Waals surface area contributed by atoms with Gasteiger partial charge in [0.05, 0.1) is 17.2 Å². The molecule has 0 aliphatic heterocycles. The monoisotopic (exact) mass is 392 g/mol. The lowest BCUT2D eigenvalue weighted by atomic mass is 9.90. The molecule has 3 aromatic rings. The highest BCUT2D eigenvalue weighted by Crippen LogP contribution is 2.34. The van der Waals surface area contributed by atoms with Crippen molar-refractivity contribution in [1.82, 2.24) is 14.9 Å². The van der Waals surface area contributed by atoms with Gasteiger partial charge in [-0.05, 0) is 55.0 Å². The van der Waals surface area contributed by atoms with E-state index in [9.17, 15) is 4.79 Å². The van der Waals surface area contributed by atoms with Crippen LogP contribution in [0.2, 0.25) is 0 Å². The number of nitrogens with two attached hydrogens (primary N) is 1. The number of fused-ring (bicyclic) bond motifs is 1. The zero-order valence-electron chi connectivity index (χ0n) is 15.8. The number of aryl methyl sites for hydroxylation is 1. The molecule has 6 heteroatoms. The molecule has 28 heavy (non-hydrogen) atoms. The summed E-state index contributed by atoms with van der Waals surface area (Å²) < 4.78 is 0. The van der Waals surface area contributed by atoms with Gasteiger partial charge in [-0.3, -0.25) is 19.7 Å². The predicted octanol–water partition coefficient (Wildman–Crippen LogP) is 3.76. The molecule has 1 atom stereocenters. The molecule has 5 nitrogen and oxygen atoms in total. The van der Waals surface area contributed by atoms with Gasteiger partial charge in [0.25, 0.3) is 0 Å². The zero-order chi connectivity index (χ0) is 19.3. The second-order valence-corrected chi connectivity index (χ2v) is 8.18. The Balaban J connectivity index is 1.56. The molecule has 4 rings (SSSR count). The summed E-state index contributed by atoms with van der Waals surface area (Å²) in [4.78, 5) is 24.2. The lowest BCUT2D eigenvalue weighted by Crippen LogP contribution is -2.33. The fraction of sp³-hybridized carbons (Fsp3) is 0.318. The summed E-state index contributed by atoms with van der Waals surface area (Å²) in [7, 11) is 0. The molecule has 2 aromatic heterocycles. The van der Waals surface area contributed by atoms with Crippen molar-refractivity contribution >= 4 is 17.2 Å². The van der Waals surface area contributed by atoms with Crippen LogP contribution in [0.15, 0.2) is 54.3 Å². The summed E-state index contributed by atoms with van der Waals surface area (Å²) >= 11 is 1.69. The van der Waals surface area contributed by atoms with E-state index in [-0.39, 0.29) is 5.91 Å². The van der Waals surface area contributed by atoms with Gasteiger partial charge in [0.15, 0.2) is 0 Å². The number of benzene rings is 1. The van der Waals surface area contributed by atoms with E-state index in [4.69, 9.17) is 10.7 Å². The largest absolute Gasteiger partial charge is 0.366 e. The van der Waals surface area contributed by atoms with Crippen LogP contribution in [0.1, 0.15) is 50.9 Å². The third kappa shape index (κ3) is 4.29. The van der Waals surface area contributed by atoms with E-state index < -0.39 is 0 Å². The van der Waals surface area contributed by atoms with Crippen LogP contribution in [-0.4, -0.2) is 27.3 Å². The summed E-state index contributed by atoms with van der Waals surface area (Å²) in [6, 6.07) is 12.2. The Labute approximate surface area is 169 Å². The van der Waals surface area contributed by atoms with E-state index in [1.54, 1.807) is 17.4 Å². The van der Waals surface area contributed by atoms with E-state index in [0.29, 0.717) is 11.6 Å². The number of rotatable bonds is 7. The number of carbonyl (C=O) groups excluding carboxylic acids is 1. The van der Waals surface area contributed by atoms with Crippen LogP contribution < -0.4 is 5.73 Å². The molecular weight excluding hydrogens is 368 g/mol. The van der Waals surface area contributed by atoms with Crippen LogP contribution in [0.5, 0.6) is 0 Å². The molecular formula is C22H24N4OS. The van der Waals surface area contributed by atoms with Crippen molar-refractivity contribution in [3.63, 3.8) is 0 Å². The number of thiazole rings is 1. The average molecular weight is 393 g/mol. The molecule has 1 aliphatic rings. The van der Waals surface area contributed by atoms with Gasteiger partial charge in [0.2, 0.25) is 5.91 Å². The van der Waals surface area contributed by atoms with Gasteiger partial charge in [-0.15, -0.1) is 11.3 Å². The van der Waals surface area contributed by atoms with Gasteiger partial charge in [0.1, 0.15) is 0 Å². The molecule has 0 saturated carbocycles. The van der Waals surface area contributed by atoms with Gasteiger partial charge in [-0.1, -0.05) is 18.2 Å². The van der Waals surface area contributed by atoms with Crippen molar-refractivity contribution in [2.24, 2.45) is 5.73 Å². The second kappa shape index (κ2) is 8.63. The minimum absolute atomic E-state index is 0.311. The molecule has 0 bridgehead atoms. The average Bonchev–Trinajstić information content (AvgIpc) is 3.24. The molecule has 0 saturated heterocycles. The first kappa shape index (κ1) is 18.8. The Morgan fingerprint density at radius 1 is 1.29 bits per heavy atom. The van der Waals surface area contributed by atoms with Gasteiger partial charge < -0.3 is 5.73 Å². The standard InChI is InChI=1S/C22H24N4OS/c23-22(27)18-6-1-4-16(12-18)9-11-26(14-19-13-24-15-28-19)20-8-2-5-17-7-3-10-25-21(17)20/h1,3-4,6-7,10,12-13,15,20H,2,5,8-9,11,14H2,(H2,23,27). The molecule has 1 aliphatic carbocycles. The number of amides is 1. The molecule has 2 N–H and O–H groups in total. The van der Waals surface area contributed by atoms with Crippen molar-refractivity contribution < 1.29 is 4.79 Å². The number of aromatic nitrogens is 2. The smallest absolute Gasteiger partial charge is 0.248 e. The SMILES string of the molecule is NC(=O)c1cccc(CCN(Cc2cncs2)C2CCCc3cccnc32)c1. The molecule has 0 spiro atoms. The minimum atomic E-state index is -0.381. The normalized spacial score (nSPS) is 16.1. The van der Waals surface area contributed by atoms with E-state index in [1.807, 2.05) is 36.1 Å². The fourth-order valence-corrected chi connectivity index (χ4v) is 4.58. The minimum Gasteiger partial charge on any atom is -0.366 e. The Bertz CT molecular complexity index is 941. The first-order valence-corrected chi connectivity index (χ1v) is 10.5. The molecule has 144 valence electrons. The molecule has 0 fully saturated rings. The van der Waals surface area contributed by atoms with Crippen molar-refractivity contribution in [2.45, 2.75) is 38.3 Å². The van der Waals surface area contributed by atoms with Crippen LogP contribution >= 0.6 is 11.3 Å². The van der Waals surface area contributed by atoms with Crippen LogP contribution in [-0.2, 0) is 19.4 Å². The lowest BCUT2D eigenvalue weighted by molar-refractivity contribution is 0.1000. The summed E-state index contributed by atoms with van der Waals surface area (Å²) in [6.45, 7) is 1.75. The van der Waals surface area contributed by atoms with Gasteiger partial charge in [-0.25, -0.2) is 0 Å². The molecule has 2 heterocycles. The van der Waals surface area contributed by atoms with Crippen LogP contribution in [0, 0.1) is 0 Å². The first-order valence-electron chi connectivity index (χ1n) is 9.64. The van der Waals surface area contributed by atoms with E-state index in [0.717, 1.165) is 37.9 Å². The number of pyridine rings is 1. The lowest BCUT2D eigenvalue weighted by Gasteiger charge is -2.34. The number of hydrogen-bond acceptors (Lipinski definition) is 5. The summed E-state index contributed by atoms with van der Waals surface area (Å²) in [5, 5.41) is 0. The van der Waals surface area contributed by atoms with Gasteiger partial charge >= 0.3 is 0 Å². The molecule has 0 radical (unpaired) electrons. The van der Waals surface area contributed by atoms with E-state index in [1.165, 1.54) is 22.6 Å². The van der Waals surface area contributed by atoms with Crippen molar-refractivity contribution in [2.75, 3.05) is 6.54 Å². The molecule has 1 amide bonds. The first-order chi connectivity index (χ1) is 13.7. The Morgan fingerprint density at radius 2 is 2.21 bits per heavy atom. The van der Waals surface area contributed by atoms with Gasteiger partial charge in [-0.2, -0.15) is 0 Å². The maximum Gasteiger partial charge on any atom is 0.248 e. The van der Waals surface area contributed by atoms with Gasteiger partial charge in [0, 0.05) is 35.9 Å². The third-order valence-electron chi connectivity index (χ3n) is 5.35. The maximum atomic E-state index is 11.5. The van der Waals surface area contributed by atoms with E-state index >= 15 is 0 Å². The van der Waals surface area contributed by atoms with E-state index in [2.05, 4.69) is 22.0 Å². The van der Waals surface area contributed by atoms with Crippen LogP contribution in [0.3, 0.4) is 0 Å². The highest BCUT2D eigenvalue weighted by molar-refractivity contribution is 7.09. The number of primary amides is 1.